The van der Waals surface area contributed by atoms with Crippen LogP contribution in [0.4, 0.5) is 0 Å². The molecule has 0 aromatic carbocycles. The van der Waals surface area contributed by atoms with Crippen LogP contribution in [0, 0.1) is 0 Å². The molecule has 1 aromatic heterocycles. The average Bonchev–Trinajstić information content (AvgIpc) is 2.38. The molecule has 1 aromatic rings. The van der Waals surface area contributed by atoms with Crippen LogP contribution in [-0.4, -0.2) is 34.3 Å². The molecular formula is C17H24N2O. The summed E-state index contributed by atoms with van der Waals surface area (Å²) in [6, 6.07) is 4.22. The van der Waals surface area contributed by atoms with Crippen molar-refractivity contribution in [3.8, 4) is 0 Å². The predicted molar refractivity (Wildman–Crippen MR) is 79.8 cm³/mol. The van der Waals surface area contributed by atoms with Crippen molar-refractivity contribution in [1.29, 1.82) is 0 Å². The third kappa shape index (κ3) is 2.28. The maximum atomic E-state index is 12.1. The molecule has 0 saturated carbocycles. The molecule has 3 heteroatoms. The van der Waals surface area contributed by atoms with Crippen molar-refractivity contribution in [3.63, 3.8) is 0 Å². The van der Waals surface area contributed by atoms with Gasteiger partial charge in [-0.25, -0.2) is 0 Å². The Labute approximate surface area is 121 Å². The van der Waals surface area contributed by atoms with Gasteiger partial charge in [-0.15, -0.1) is 0 Å². The molecular weight excluding hydrogens is 248 g/mol. The molecule has 20 heavy (non-hydrogen) atoms. The van der Waals surface area contributed by atoms with Crippen molar-refractivity contribution < 1.29 is 4.79 Å². The van der Waals surface area contributed by atoms with Gasteiger partial charge in [0.1, 0.15) is 5.78 Å². The third-order valence-corrected chi connectivity index (χ3v) is 5.03. The molecule has 0 amide bonds. The molecule has 108 valence electrons. The molecule has 2 heterocycles. The van der Waals surface area contributed by atoms with Crippen LogP contribution in [0.25, 0.3) is 0 Å². The summed E-state index contributed by atoms with van der Waals surface area (Å²) < 4.78 is 0. The molecule has 1 aliphatic heterocycles. The first-order valence-corrected chi connectivity index (χ1v) is 7.62. The van der Waals surface area contributed by atoms with E-state index >= 15 is 0 Å². The minimum atomic E-state index is 0.0562. The van der Waals surface area contributed by atoms with Crippen LogP contribution in [0.3, 0.4) is 0 Å². The number of piperidine rings is 1. The lowest BCUT2D eigenvalue weighted by Gasteiger charge is -2.48. The number of carbonyl (C=O) groups is 1. The van der Waals surface area contributed by atoms with Gasteiger partial charge in [-0.05, 0) is 58.3 Å². The van der Waals surface area contributed by atoms with Crippen LogP contribution < -0.4 is 0 Å². The molecule has 0 N–H and O–H groups in total. The number of ketones is 1. The van der Waals surface area contributed by atoms with Crippen LogP contribution in [0.5, 0.6) is 0 Å². The maximum absolute atomic E-state index is 12.1. The van der Waals surface area contributed by atoms with E-state index in [-0.39, 0.29) is 11.0 Å². The Morgan fingerprint density at radius 2 is 1.95 bits per heavy atom. The second-order valence-electron chi connectivity index (χ2n) is 7.33. The number of likely N-dealkylation sites (tertiary alicyclic amines) is 1. The van der Waals surface area contributed by atoms with Crippen molar-refractivity contribution in [3.05, 3.63) is 29.6 Å². The molecule has 1 spiro atoms. The van der Waals surface area contributed by atoms with Gasteiger partial charge in [0.15, 0.2) is 0 Å². The zero-order valence-corrected chi connectivity index (χ0v) is 12.8. The summed E-state index contributed by atoms with van der Waals surface area (Å²) >= 11 is 0. The number of pyridine rings is 1. The fourth-order valence-corrected chi connectivity index (χ4v) is 3.84. The first-order chi connectivity index (χ1) is 9.41. The van der Waals surface area contributed by atoms with Crippen molar-refractivity contribution in [2.24, 2.45) is 0 Å². The van der Waals surface area contributed by atoms with Crippen LogP contribution in [0.2, 0.25) is 0 Å². The molecule has 0 atom stereocenters. The monoisotopic (exact) mass is 272 g/mol. The molecule has 1 fully saturated rings. The summed E-state index contributed by atoms with van der Waals surface area (Å²) in [4.78, 5) is 19.1. The number of hydrogen-bond acceptors (Lipinski definition) is 3. The number of aromatic nitrogens is 1. The number of rotatable bonds is 0. The first kappa shape index (κ1) is 13.7. The minimum absolute atomic E-state index is 0.0562. The van der Waals surface area contributed by atoms with Crippen molar-refractivity contribution in [1.82, 2.24) is 9.88 Å². The van der Waals surface area contributed by atoms with Gasteiger partial charge in [-0.1, -0.05) is 6.07 Å². The highest BCUT2D eigenvalue weighted by Gasteiger charge is 2.43. The molecule has 0 unspecified atom stereocenters. The molecule has 1 aliphatic carbocycles. The van der Waals surface area contributed by atoms with Crippen LogP contribution in [0.1, 0.15) is 51.3 Å². The predicted octanol–water partition coefficient (Wildman–Crippen LogP) is 2.73. The minimum Gasteiger partial charge on any atom is -0.299 e. The summed E-state index contributed by atoms with van der Waals surface area (Å²) in [6.45, 7) is 8.96. The highest BCUT2D eigenvalue weighted by molar-refractivity contribution is 5.84. The Hall–Kier alpha value is -1.22. The van der Waals surface area contributed by atoms with Crippen molar-refractivity contribution in [2.75, 3.05) is 13.1 Å². The van der Waals surface area contributed by atoms with Crippen molar-refractivity contribution >= 4 is 5.78 Å². The molecule has 1 saturated heterocycles. The normalized spacial score (nSPS) is 22.9. The zero-order valence-electron chi connectivity index (χ0n) is 12.8. The highest BCUT2D eigenvalue weighted by Crippen LogP contribution is 2.44. The second kappa shape index (κ2) is 4.66. The molecule has 0 radical (unpaired) electrons. The van der Waals surface area contributed by atoms with Crippen LogP contribution in [-0.2, 0) is 16.6 Å². The van der Waals surface area contributed by atoms with Crippen LogP contribution >= 0.6 is 0 Å². The molecule has 2 aliphatic rings. The lowest BCUT2D eigenvalue weighted by atomic mass is 9.65. The highest BCUT2D eigenvalue weighted by atomic mass is 16.1. The fourth-order valence-electron chi connectivity index (χ4n) is 3.84. The summed E-state index contributed by atoms with van der Waals surface area (Å²) in [5, 5.41) is 0. The van der Waals surface area contributed by atoms with E-state index in [4.69, 9.17) is 0 Å². The maximum Gasteiger partial charge on any atom is 0.139 e. The van der Waals surface area contributed by atoms with E-state index in [1.807, 2.05) is 12.3 Å². The zero-order chi connectivity index (χ0) is 14.4. The smallest absolute Gasteiger partial charge is 0.139 e. The van der Waals surface area contributed by atoms with Gasteiger partial charge in [0, 0.05) is 30.0 Å². The van der Waals surface area contributed by atoms with E-state index < -0.39 is 0 Å². The van der Waals surface area contributed by atoms with E-state index in [1.165, 1.54) is 5.56 Å². The standard InChI is InChI=1S/C17H24N2O/c1-16(2,3)19-9-6-17(7-10-19)12-13(20)11-15-14(17)5-4-8-18-15/h4-5,8H,6-7,9-12H2,1-3H3. The number of Topliss-reactive ketones (excluding diaryl/α,β-unsaturated/α-hetero) is 1. The summed E-state index contributed by atoms with van der Waals surface area (Å²) in [7, 11) is 0. The fraction of sp³-hybridized carbons (Fsp3) is 0.647. The number of hydrogen-bond donors (Lipinski definition) is 0. The Balaban J connectivity index is 1.89. The summed E-state index contributed by atoms with van der Waals surface area (Å²) in [5.41, 5.74) is 2.64. The quantitative estimate of drug-likeness (QED) is 0.728. The van der Waals surface area contributed by atoms with Crippen LogP contribution in [0.15, 0.2) is 18.3 Å². The Bertz CT molecular complexity index is 522. The number of fused-ring (bicyclic) bond motifs is 2. The Morgan fingerprint density at radius 3 is 2.60 bits per heavy atom. The average molecular weight is 272 g/mol. The third-order valence-electron chi connectivity index (χ3n) is 5.03. The molecule has 3 nitrogen and oxygen atoms in total. The first-order valence-electron chi connectivity index (χ1n) is 7.62. The van der Waals surface area contributed by atoms with Gasteiger partial charge in [0.25, 0.3) is 0 Å². The topological polar surface area (TPSA) is 33.2 Å². The van der Waals surface area contributed by atoms with Crippen molar-refractivity contribution in [2.45, 2.75) is 57.4 Å². The van der Waals surface area contributed by atoms with Gasteiger partial charge in [0.05, 0.1) is 5.69 Å². The Kier molecular flexibility index (Phi) is 3.20. The van der Waals surface area contributed by atoms with E-state index in [1.54, 1.807) is 0 Å². The van der Waals surface area contributed by atoms with Gasteiger partial charge >= 0.3 is 0 Å². The van der Waals surface area contributed by atoms with Gasteiger partial charge < -0.3 is 0 Å². The number of nitrogens with zero attached hydrogens (tertiary/aromatic N) is 2. The Morgan fingerprint density at radius 1 is 1.25 bits per heavy atom. The summed E-state index contributed by atoms with van der Waals surface area (Å²) in [5.74, 6) is 0.361. The van der Waals surface area contributed by atoms with E-state index in [9.17, 15) is 4.79 Å². The van der Waals surface area contributed by atoms with Gasteiger partial charge in [-0.2, -0.15) is 0 Å². The summed E-state index contributed by atoms with van der Waals surface area (Å²) in [6.07, 6.45) is 5.21. The van der Waals surface area contributed by atoms with Gasteiger partial charge in [0.2, 0.25) is 0 Å². The SMILES string of the molecule is CC(C)(C)N1CCC2(CC1)CC(=O)Cc1ncccc12. The van der Waals surface area contributed by atoms with Gasteiger partial charge in [-0.3, -0.25) is 14.7 Å². The van der Waals surface area contributed by atoms with E-state index in [0.29, 0.717) is 18.6 Å². The van der Waals surface area contributed by atoms with E-state index in [2.05, 4.69) is 36.7 Å². The number of carbonyl (C=O) groups excluding carboxylic acids is 1. The lowest BCUT2D eigenvalue weighted by molar-refractivity contribution is -0.121. The lowest BCUT2D eigenvalue weighted by Crippen LogP contribution is -2.52. The molecule has 0 bridgehead atoms. The second-order valence-corrected chi connectivity index (χ2v) is 7.33. The largest absolute Gasteiger partial charge is 0.299 e. The van der Waals surface area contributed by atoms with E-state index in [0.717, 1.165) is 31.6 Å². The molecule has 3 rings (SSSR count).